The summed E-state index contributed by atoms with van der Waals surface area (Å²) >= 11 is 0. The van der Waals surface area contributed by atoms with Crippen molar-refractivity contribution in [3.63, 3.8) is 0 Å². The lowest BCUT2D eigenvalue weighted by Gasteiger charge is -2.27. The minimum atomic E-state index is -4.05. The van der Waals surface area contributed by atoms with Gasteiger partial charge in [0.1, 0.15) is 17.1 Å². The van der Waals surface area contributed by atoms with Gasteiger partial charge in [-0.2, -0.15) is 8.78 Å². The van der Waals surface area contributed by atoms with Gasteiger partial charge in [-0.3, -0.25) is 0 Å². The smallest absolute Gasteiger partial charge is 0.429 e. The lowest BCUT2D eigenvalue weighted by atomic mass is 9.79. The molecule has 1 atom stereocenters. The van der Waals surface area contributed by atoms with Crippen LogP contribution in [0.25, 0.3) is 11.1 Å². The van der Waals surface area contributed by atoms with Crippen molar-refractivity contribution >= 4 is 0 Å². The second kappa shape index (κ2) is 15.8. The van der Waals surface area contributed by atoms with E-state index < -0.39 is 23.3 Å². The lowest BCUT2D eigenvalue weighted by Crippen LogP contribution is -2.24. The van der Waals surface area contributed by atoms with E-state index in [-0.39, 0.29) is 11.3 Å². The molecule has 2 aliphatic carbocycles. The first kappa shape index (κ1) is 33.8. The topological polar surface area (TPSA) is 18.5 Å². The van der Waals surface area contributed by atoms with Gasteiger partial charge < -0.3 is 9.47 Å². The predicted octanol–water partition coefficient (Wildman–Crippen LogP) is 11.8. The van der Waals surface area contributed by atoms with Gasteiger partial charge in [-0.1, -0.05) is 48.6 Å². The average Bonchev–Trinajstić information content (AvgIpc) is 3.05. The van der Waals surface area contributed by atoms with Crippen LogP contribution in [0.4, 0.5) is 17.6 Å². The normalized spacial score (nSPS) is 20.3. The van der Waals surface area contributed by atoms with Crippen LogP contribution < -0.4 is 9.47 Å². The molecule has 3 aromatic rings. The monoisotopic (exact) mass is 634 g/mol. The predicted molar refractivity (Wildman–Crippen MR) is 177 cm³/mol. The third kappa shape index (κ3) is 8.63. The molecule has 0 aliphatic heterocycles. The molecule has 1 fully saturated rings. The van der Waals surface area contributed by atoms with Crippen molar-refractivity contribution < 1.29 is 27.0 Å². The van der Waals surface area contributed by atoms with Crippen LogP contribution in [-0.2, 0) is 19.0 Å². The highest BCUT2D eigenvalue weighted by Gasteiger charge is 2.39. The van der Waals surface area contributed by atoms with E-state index in [4.69, 9.17) is 9.47 Å². The fourth-order valence-electron chi connectivity index (χ4n) is 7.00. The molecule has 0 bridgehead atoms. The summed E-state index contributed by atoms with van der Waals surface area (Å²) in [7, 11) is 0. The highest BCUT2D eigenvalue weighted by atomic mass is 19.3. The molecule has 0 radical (unpaired) electrons. The fraction of sp³-hybridized carbons (Fsp3) is 0.450. The van der Waals surface area contributed by atoms with Crippen LogP contribution in [0.3, 0.4) is 0 Å². The summed E-state index contributed by atoms with van der Waals surface area (Å²) in [5, 5.41) is 0. The molecule has 2 nitrogen and oxygen atoms in total. The molecular formula is C40H46F4O2. The summed E-state index contributed by atoms with van der Waals surface area (Å²) in [4.78, 5) is 0. The van der Waals surface area contributed by atoms with Crippen molar-refractivity contribution in [2.45, 2.75) is 90.6 Å². The Balaban J connectivity index is 1.13. The number of fused-ring (bicyclic) bond motifs is 1. The number of halogens is 4. The Morgan fingerprint density at radius 2 is 1.50 bits per heavy atom. The van der Waals surface area contributed by atoms with Gasteiger partial charge in [-0.05, 0) is 149 Å². The van der Waals surface area contributed by atoms with Gasteiger partial charge in [0.05, 0.1) is 6.61 Å². The molecular weight excluding hydrogens is 588 g/mol. The molecule has 5 rings (SSSR count). The van der Waals surface area contributed by atoms with Crippen molar-refractivity contribution in [2.24, 2.45) is 17.8 Å². The first-order chi connectivity index (χ1) is 22.3. The lowest BCUT2D eigenvalue weighted by molar-refractivity contribution is -0.187. The van der Waals surface area contributed by atoms with Gasteiger partial charge in [-0.15, -0.1) is 0 Å². The summed E-state index contributed by atoms with van der Waals surface area (Å²) in [6.07, 6.45) is 17.8. The van der Waals surface area contributed by atoms with Gasteiger partial charge in [0.25, 0.3) is 0 Å². The van der Waals surface area contributed by atoms with Crippen LogP contribution in [0.1, 0.15) is 88.3 Å². The third-order valence-corrected chi connectivity index (χ3v) is 9.64. The van der Waals surface area contributed by atoms with Crippen LogP contribution in [0.2, 0.25) is 0 Å². The number of ether oxygens (including phenoxy) is 2. The molecule has 46 heavy (non-hydrogen) atoms. The Hall–Kier alpha value is -3.54. The molecule has 3 aromatic carbocycles. The second-order valence-electron chi connectivity index (χ2n) is 12.8. The van der Waals surface area contributed by atoms with Crippen molar-refractivity contribution in [3.8, 4) is 22.6 Å². The van der Waals surface area contributed by atoms with Crippen LogP contribution in [-0.4, -0.2) is 6.61 Å². The second-order valence-corrected chi connectivity index (χ2v) is 12.8. The van der Waals surface area contributed by atoms with E-state index in [1.165, 1.54) is 44.6 Å². The molecule has 0 saturated heterocycles. The summed E-state index contributed by atoms with van der Waals surface area (Å²) in [5.41, 5.74) is 1.22. The number of hydrogen-bond acceptors (Lipinski definition) is 2. The largest absolute Gasteiger partial charge is 0.494 e. The van der Waals surface area contributed by atoms with Crippen LogP contribution in [0.5, 0.6) is 11.5 Å². The number of hydrogen-bond donors (Lipinski definition) is 0. The maximum atomic E-state index is 15.2. The van der Waals surface area contributed by atoms with Crippen LogP contribution >= 0.6 is 0 Å². The zero-order valence-electron chi connectivity index (χ0n) is 27.1. The molecule has 2 aliphatic rings. The Morgan fingerprint density at radius 3 is 2.24 bits per heavy atom. The van der Waals surface area contributed by atoms with Gasteiger partial charge >= 0.3 is 6.11 Å². The van der Waals surface area contributed by atoms with Crippen molar-refractivity contribution in [2.75, 3.05) is 6.61 Å². The molecule has 0 heterocycles. The van der Waals surface area contributed by atoms with Gasteiger partial charge in [0, 0.05) is 5.56 Å². The minimum Gasteiger partial charge on any atom is -0.494 e. The van der Waals surface area contributed by atoms with E-state index >= 15 is 8.78 Å². The van der Waals surface area contributed by atoms with Crippen LogP contribution in [0.15, 0.2) is 78.9 Å². The number of rotatable bonds is 13. The first-order valence-corrected chi connectivity index (χ1v) is 17.0. The fourth-order valence-corrected chi connectivity index (χ4v) is 7.00. The maximum Gasteiger partial charge on any atom is 0.429 e. The molecule has 0 spiro atoms. The third-order valence-electron chi connectivity index (χ3n) is 9.64. The molecule has 1 saturated carbocycles. The number of benzene rings is 3. The summed E-state index contributed by atoms with van der Waals surface area (Å²) in [6.45, 7) is 4.39. The molecule has 246 valence electrons. The number of alkyl halides is 2. The van der Waals surface area contributed by atoms with Crippen LogP contribution in [0, 0.1) is 29.4 Å². The van der Waals surface area contributed by atoms with Crippen molar-refractivity contribution in [1.29, 1.82) is 0 Å². The Bertz CT molecular complexity index is 1490. The van der Waals surface area contributed by atoms with E-state index in [9.17, 15) is 8.78 Å². The summed E-state index contributed by atoms with van der Waals surface area (Å²) in [6, 6.07) is 13.4. The molecule has 0 N–H and O–H groups in total. The van der Waals surface area contributed by atoms with Gasteiger partial charge in [0.2, 0.25) is 0 Å². The Labute approximate surface area is 271 Å². The van der Waals surface area contributed by atoms with Gasteiger partial charge in [-0.25, -0.2) is 8.78 Å². The Kier molecular flexibility index (Phi) is 11.6. The standard InChI is InChI=1S/C40H46F4O2/c1-3-5-6-9-28-12-14-29(15-13-28)10-7-8-11-30-16-17-33-27-35(23-20-32(33)26-30)46-40(43,44)37-25-24-36(38(41)39(37)42)31-18-21-34(22-19-31)45-4-2/h3,5,7,10,18-25,27-30H,4,6,8-9,11-17,26H2,1-2H3/b5-3+,10-7+. The first-order valence-electron chi connectivity index (χ1n) is 17.0. The SMILES string of the molecule is C/C=C/CCC1CCC(/C=C/CCC2CCc3cc(OC(F)(F)c4ccc(-c5ccc(OCC)cc5)c(F)c4F)ccc3C2)CC1. The summed E-state index contributed by atoms with van der Waals surface area (Å²) in [5.74, 6) is -0.306. The Morgan fingerprint density at radius 1 is 0.783 bits per heavy atom. The van der Waals surface area contributed by atoms with E-state index in [1.54, 1.807) is 30.3 Å². The van der Waals surface area contributed by atoms with E-state index in [0.29, 0.717) is 29.8 Å². The highest BCUT2D eigenvalue weighted by molar-refractivity contribution is 5.65. The number of aryl methyl sites for hydroxylation is 1. The maximum absolute atomic E-state index is 15.2. The number of allylic oxidation sites excluding steroid dienone is 4. The molecule has 1 unspecified atom stereocenters. The quantitative estimate of drug-likeness (QED) is 0.138. The van der Waals surface area contributed by atoms with Crippen molar-refractivity contribution in [1.82, 2.24) is 0 Å². The van der Waals surface area contributed by atoms with E-state index in [1.807, 2.05) is 13.0 Å². The average molecular weight is 635 g/mol. The zero-order valence-corrected chi connectivity index (χ0v) is 27.1. The molecule has 6 heteroatoms. The van der Waals surface area contributed by atoms with E-state index in [2.05, 4.69) is 31.2 Å². The van der Waals surface area contributed by atoms with Gasteiger partial charge in [0.15, 0.2) is 11.6 Å². The van der Waals surface area contributed by atoms with E-state index in [0.717, 1.165) is 61.3 Å². The molecule has 0 aromatic heterocycles. The molecule has 0 amide bonds. The summed E-state index contributed by atoms with van der Waals surface area (Å²) < 4.78 is 70.7. The highest BCUT2D eigenvalue weighted by Crippen LogP contribution is 2.39. The van der Waals surface area contributed by atoms with Crippen molar-refractivity contribution in [3.05, 3.63) is 107 Å². The minimum absolute atomic E-state index is 0.0583. The zero-order chi connectivity index (χ0) is 32.5.